The van der Waals surface area contributed by atoms with Gasteiger partial charge in [0.2, 0.25) is 0 Å². The first-order chi connectivity index (χ1) is 13.7. The van der Waals surface area contributed by atoms with Gasteiger partial charge < -0.3 is 25.2 Å². The fraction of sp³-hybridized carbons (Fsp3) is 0.429. The number of anilines is 1. The summed E-state index contributed by atoms with van der Waals surface area (Å²) in [5.74, 6) is 2.68. The molecule has 7 heteroatoms. The fourth-order valence-corrected chi connectivity index (χ4v) is 3.01. The Kier molecular flexibility index (Phi) is 7.49. The molecule has 2 N–H and O–H groups in total. The Labute approximate surface area is 167 Å². The molecule has 0 saturated carbocycles. The molecule has 1 saturated heterocycles. The number of likely N-dealkylation sites (N-methyl/N-ethyl adjacent to an activating group) is 1. The highest BCUT2D eigenvalue weighted by Crippen LogP contribution is 2.13. The highest BCUT2D eigenvalue weighted by Gasteiger charge is 2.14. The molecule has 1 aromatic carbocycles. The lowest BCUT2D eigenvalue weighted by Gasteiger charge is -2.33. The van der Waals surface area contributed by atoms with Crippen molar-refractivity contribution in [3.63, 3.8) is 0 Å². The number of ether oxygens (including phenoxy) is 1. The molecule has 0 bridgehead atoms. The SMILES string of the molecule is CN=C(NCCOc1ccccc1)NCc1ccc(N2CCN(C)CC2)nc1. The van der Waals surface area contributed by atoms with Crippen LogP contribution < -0.4 is 20.3 Å². The van der Waals surface area contributed by atoms with E-state index in [-0.39, 0.29) is 0 Å². The van der Waals surface area contributed by atoms with Crippen molar-refractivity contribution in [1.29, 1.82) is 0 Å². The van der Waals surface area contributed by atoms with E-state index in [1.807, 2.05) is 36.5 Å². The van der Waals surface area contributed by atoms with Gasteiger partial charge in [-0.15, -0.1) is 0 Å². The van der Waals surface area contributed by atoms with Crippen LogP contribution in [0.5, 0.6) is 5.75 Å². The van der Waals surface area contributed by atoms with Gasteiger partial charge in [0.05, 0.1) is 6.54 Å². The molecule has 0 radical (unpaired) electrons. The smallest absolute Gasteiger partial charge is 0.191 e. The standard InChI is InChI=1S/C21H30N6O/c1-22-21(23-10-15-28-19-6-4-3-5-7-19)25-17-18-8-9-20(24-16-18)27-13-11-26(2)12-14-27/h3-9,16H,10-15,17H2,1-2H3,(H2,22,23,25). The summed E-state index contributed by atoms with van der Waals surface area (Å²) < 4.78 is 5.68. The predicted molar refractivity (Wildman–Crippen MR) is 114 cm³/mol. The first kappa shape index (κ1) is 19.9. The Morgan fingerprint density at radius 3 is 2.54 bits per heavy atom. The summed E-state index contributed by atoms with van der Waals surface area (Å²) in [6.07, 6.45) is 1.94. The van der Waals surface area contributed by atoms with Crippen LogP contribution in [0.25, 0.3) is 0 Å². The number of guanidine groups is 1. The molecule has 1 aliphatic rings. The van der Waals surface area contributed by atoms with Gasteiger partial charge in [0.15, 0.2) is 5.96 Å². The van der Waals surface area contributed by atoms with Gasteiger partial charge in [-0.2, -0.15) is 0 Å². The van der Waals surface area contributed by atoms with Crippen molar-refractivity contribution < 1.29 is 4.74 Å². The minimum absolute atomic E-state index is 0.575. The largest absolute Gasteiger partial charge is 0.492 e. The van der Waals surface area contributed by atoms with E-state index in [2.05, 4.69) is 49.6 Å². The van der Waals surface area contributed by atoms with Crippen molar-refractivity contribution in [2.24, 2.45) is 4.99 Å². The normalized spacial score (nSPS) is 15.4. The number of aromatic nitrogens is 1. The highest BCUT2D eigenvalue weighted by atomic mass is 16.5. The van der Waals surface area contributed by atoms with Crippen LogP contribution >= 0.6 is 0 Å². The summed E-state index contributed by atoms with van der Waals surface area (Å²) in [5, 5.41) is 6.57. The molecular weight excluding hydrogens is 352 g/mol. The van der Waals surface area contributed by atoms with Gasteiger partial charge in [-0.25, -0.2) is 4.98 Å². The van der Waals surface area contributed by atoms with E-state index in [9.17, 15) is 0 Å². The lowest BCUT2D eigenvalue weighted by Crippen LogP contribution is -2.44. The summed E-state index contributed by atoms with van der Waals surface area (Å²) in [7, 11) is 3.93. The summed E-state index contributed by atoms with van der Waals surface area (Å²) in [6, 6.07) is 14.0. The second kappa shape index (κ2) is 10.5. The number of rotatable bonds is 7. The van der Waals surface area contributed by atoms with Crippen molar-refractivity contribution >= 4 is 11.8 Å². The Balaban J connectivity index is 1.38. The van der Waals surface area contributed by atoms with Gasteiger partial charge in [-0.3, -0.25) is 4.99 Å². The van der Waals surface area contributed by atoms with Crippen molar-refractivity contribution in [2.75, 3.05) is 58.3 Å². The summed E-state index contributed by atoms with van der Waals surface area (Å²) in [5.41, 5.74) is 1.13. The van der Waals surface area contributed by atoms with Crippen LogP contribution in [0.2, 0.25) is 0 Å². The van der Waals surface area contributed by atoms with Crippen molar-refractivity contribution in [3.05, 3.63) is 54.2 Å². The molecule has 0 unspecified atom stereocenters. The molecule has 3 rings (SSSR count). The van der Waals surface area contributed by atoms with Crippen LogP contribution in [0.1, 0.15) is 5.56 Å². The molecule has 150 valence electrons. The summed E-state index contributed by atoms with van der Waals surface area (Å²) >= 11 is 0. The monoisotopic (exact) mass is 382 g/mol. The summed E-state index contributed by atoms with van der Waals surface area (Å²) in [6.45, 7) is 6.16. The number of hydrogen-bond acceptors (Lipinski definition) is 5. The number of nitrogens with zero attached hydrogens (tertiary/aromatic N) is 4. The molecule has 0 amide bonds. The topological polar surface area (TPSA) is 65.0 Å². The second-order valence-electron chi connectivity index (χ2n) is 6.83. The van der Waals surface area contributed by atoms with Gasteiger partial charge >= 0.3 is 0 Å². The maximum absolute atomic E-state index is 5.68. The van der Waals surface area contributed by atoms with Crippen molar-refractivity contribution in [2.45, 2.75) is 6.54 Å². The average molecular weight is 383 g/mol. The quantitative estimate of drug-likeness (QED) is 0.431. The molecule has 2 heterocycles. The molecule has 7 nitrogen and oxygen atoms in total. The molecule has 28 heavy (non-hydrogen) atoms. The van der Waals surface area contributed by atoms with Gasteiger partial charge in [-0.1, -0.05) is 24.3 Å². The first-order valence-electron chi connectivity index (χ1n) is 9.75. The zero-order valence-electron chi connectivity index (χ0n) is 16.8. The average Bonchev–Trinajstić information content (AvgIpc) is 2.75. The van der Waals surface area contributed by atoms with Crippen LogP contribution in [0, 0.1) is 0 Å². The Bertz CT molecular complexity index is 726. The molecule has 0 spiro atoms. The number of nitrogens with one attached hydrogen (secondary N) is 2. The van der Waals surface area contributed by atoms with E-state index in [1.54, 1.807) is 7.05 Å². The maximum atomic E-state index is 5.68. The van der Waals surface area contributed by atoms with Crippen molar-refractivity contribution in [3.8, 4) is 5.75 Å². The third-order valence-electron chi connectivity index (χ3n) is 4.73. The number of hydrogen-bond donors (Lipinski definition) is 2. The Morgan fingerprint density at radius 1 is 1.07 bits per heavy atom. The lowest BCUT2D eigenvalue weighted by molar-refractivity contribution is 0.312. The summed E-state index contributed by atoms with van der Waals surface area (Å²) in [4.78, 5) is 13.6. The minimum atomic E-state index is 0.575. The highest BCUT2D eigenvalue weighted by molar-refractivity contribution is 5.79. The number of benzene rings is 1. The number of pyridine rings is 1. The Hall–Kier alpha value is -2.80. The third-order valence-corrected chi connectivity index (χ3v) is 4.73. The number of para-hydroxylation sites is 1. The van der Waals surface area contributed by atoms with Crippen LogP contribution in [0.15, 0.2) is 53.7 Å². The van der Waals surface area contributed by atoms with E-state index >= 15 is 0 Å². The Morgan fingerprint density at radius 2 is 1.86 bits per heavy atom. The van der Waals surface area contributed by atoms with Crippen LogP contribution in [-0.4, -0.2) is 69.3 Å². The zero-order valence-corrected chi connectivity index (χ0v) is 16.8. The molecule has 1 aromatic heterocycles. The van der Waals surface area contributed by atoms with Gasteiger partial charge in [0.25, 0.3) is 0 Å². The zero-order chi connectivity index (χ0) is 19.6. The predicted octanol–water partition coefficient (Wildman–Crippen LogP) is 1.58. The van der Waals surface area contributed by atoms with Gasteiger partial charge in [-0.05, 0) is 30.8 Å². The van der Waals surface area contributed by atoms with Crippen LogP contribution in [0.4, 0.5) is 5.82 Å². The molecular formula is C21H30N6O. The fourth-order valence-electron chi connectivity index (χ4n) is 3.01. The third kappa shape index (κ3) is 6.13. The molecule has 1 aliphatic heterocycles. The minimum Gasteiger partial charge on any atom is -0.492 e. The maximum Gasteiger partial charge on any atom is 0.191 e. The molecule has 0 atom stereocenters. The number of aliphatic imine (C=N–C) groups is 1. The molecule has 2 aromatic rings. The number of piperazine rings is 1. The van der Waals surface area contributed by atoms with Crippen LogP contribution in [0.3, 0.4) is 0 Å². The van der Waals surface area contributed by atoms with Gasteiger partial charge in [0, 0.05) is 46.0 Å². The molecule has 0 aliphatic carbocycles. The van der Waals surface area contributed by atoms with Crippen molar-refractivity contribution in [1.82, 2.24) is 20.5 Å². The second-order valence-corrected chi connectivity index (χ2v) is 6.83. The van der Waals surface area contributed by atoms with E-state index < -0.39 is 0 Å². The van der Waals surface area contributed by atoms with Crippen LogP contribution in [-0.2, 0) is 6.54 Å². The first-order valence-corrected chi connectivity index (χ1v) is 9.75. The van der Waals surface area contributed by atoms with E-state index in [4.69, 9.17) is 4.74 Å². The van der Waals surface area contributed by atoms with Gasteiger partial charge in [0.1, 0.15) is 18.2 Å². The van der Waals surface area contributed by atoms with E-state index in [0.717, 1.165) is 49.3 Å². The van der Waals surface area contributed by atoms with E-state index in [1.165, 1.54) is 0 Å². The molecule has 1 fully saturated rings. The van der Waals surface area contributed by atoms with E-state index in [0.29, 0.717) is 19.7 Å². The lowest BCUT2D eigenvalue weighted by atomic mass is 10.2.